The number of aromatic amines is 1. The largest absolute Gasteiger partial charge is 0.350 e. The summed E-state index contributed by atoms with van der Waals surface area (Å²) in [6, 6.07) is 13.8. The fraction of sp³-hybridized carbons (Fsp3) is 0.400. The standard InChI is InChI=1S/C20H27N3O2/c1-4-23(5-2)17(13-16-9-7-6-8-10-16)14-21-19(24)18-12-11-15(3)22-20(18)25/h6-12,17H,4-5,13-14H2,1-3H3,(H,21,24)(H,22,25)/t17-/m0/s1. The predicted octanol–water partition coefficient (Wildman–Crippen LogP) is 2.37. The molecular formula is C20H27N3O2. The average molecular weight is 341 g/mol. The molecule has 0 saturated heterocycles. The van der Waals surface area contributed by atoms with E-state index in [1.807, 2.05) is 18.2 Å². The van der Waals surface area contributed by atoms with Crippen LogP contribution in [-0.2, 0) is 6.42 Å². The molecule has 25 heavy (non-hydrogen) atoms. The lowest BCUT2D eigenvalue weighted by molar-refractivity contribution is 0.0933. The van der Waals surface area contributed by atoms with Crippen LogP contribution in [0.2, 0.25) is 0 Å². The maximum atomic E-state index is 12.4. The van der Waals surface area contributed by atoms with E-state index >= 15 is 0 Å². The van der Waals surface area contributed by atoms with Gasteiger partial charge in [-0.05, 0) is 44.1 Å². The summed E-state index contributed by atoms with van der Waals surface area (Å²) in [6.07, 6.45) is 0.854. The van der Waals surface area contributed by atoms with E-state index < -0.39 is 0 Å². The molecule has 1 aromatic carbocycles. The van der Waals surface area contributed by atoms with Gasteiger partial charge in [0.25, 0.3) is 11.5 Å². The predicted molar refractivity (Wildman–Crippen MR) is 101 cm³/mol. The topological polar surface area (TPSA) is 65.2 Å². The van der Waals surface area contributed by atoms with Crippen LogP contribution in [-0.4, -0.2) is 41.5 Å². The Kier molecular flexibility index (Phi) is 6.95. The first-order chi connectivity index (χ1) is 12.0. The average Bonchev–Trinajstić information content (AvgIpc) is 2.61. The van der Waals surface area contributed by atoms with Crippen molar-refractivity contribution in [2.24, 2.45) is 0 Å². The van der Waals surface area contributed by atoms with Crippen molar-refractivity contribution < 1.29 is 4.79 Å². The highest BCUT2D eigenvalue weighted by molar-refractivity contribution is 5.93. The minimum Gasteiger partial charge on any atom is -0.350 e. The first-order valence-corrected chi connectivity index (χ1v) is 8.81. The third-order valence-electron chi connectivity index (χ3n) is 4.44. The number of rotatable bonds is 8. The van der Waals surface area contributed by atoms with E-state index in [1.165, 1.54) is 5.56 Å². The normalized spacial score (nSPS) is 12.2. The molecule has 2 rings (SSSR count). The van der Waals surface area contributed by atoms with Gasteiger partial charge in [0, 0.05) is 18.3 Å². The van der Waals surface area contributed by atoms with Crippen molar-refractivity contribution >= 4 is 5.91 Å². The molecular weight excluding hydrogens is 314 g/mol. The van der Waals surface area contributed by atoms with Gasteiger partial charge >= 0.3 is 0 Å². The Labute approximate surface area is 149 Å². The van der Waals surface area contributed by atoms with Gasteiger partial charge in [-0.2, -0.15) is 0 Å². The third-order valence-corrected chi connectivity index (χ3v) is 4.44. The van der Waals surface area contributed by atoms with Gasteiger partial charge in [0.15, 0.2) is 0 Å². The lowest BCUT2D eigenvalue weighted by Crippen LogP contribution is -2.45. The van der Waals surface area contributed by atoms with Gasteiger partial charge in [0.1, 0.15) is 5.56 Å². The van der Waals surface area contributed by atoms with Crippen LogP contribution in [0.15, 0.2) is 47.3 Å². The SMILES string of the molecule is CCN(CC)[C@H](CNC(=O)c1ccc(C)[nH]c1=O)Cc1ccccc1. The molecule has 1 amide bonds. The minimum absolute atomic E-state index is 0.156. The van der Waals surface area contributed by atoms with Crippen molar-refractivity contribution in [2.45, 2.75) is 33.2 Å². The number of benzene rings is 1. The van der Waals surface area contributed by atoms with Crippen molar-refractivity contribution in [3.63, 3.8) is 0 Å². The molecule has 0 bridgehead atoms. The lowest BCUT2D eigenvalue weighted by atomic mass is 10.0. The summed E-state index contributed by atoms with van der Waals surface area (Å²) in [7, 11) is 0. The van der Waals surface area contributed by atoms with E-state index in [4.69, 9.17) is 0 Å². The molecule has 0 aliphatic carbocycles. The van der Waals surface area contributed by atoms with Crippen LogP contribution in [0.4, 0.5) is 0 Å². The van der Waals surface area contributed by atoms with Crippen LogP contribution in [0.3, 0.4) is 0 Å². The van der Waals surface area contributed by atoms with Crippen molar-refractivity contribution in [3.05, 3.63) is 69.6 Å². The Balaban J connectivity index is 2.08. The van der Waals surface area contributed by atoms with Gasteiger partial charge in [-0.15, -0.1) is 0 Å². The molecule has 0 spiro atoms. The number of amides is 1. The summed E-state index contributed by atoms with van der Waals surface area (Å²) in [4.78, 5) is 29.3. The highest BCUT2D eigenvalue weighted by atomic mass is 16.2. The molecule has 2 N–H and O–H groups in total. The zero-order valence-electron chi connectivity index (χ0n) is 15.2. The third kappa shape index (κ3) is 5.29. The summed E-state index contributed by atoms with van der Waals surface area (Å²) in [5, 5.41) is 2.93. The summed E-state index contributed by atoms with van der Waals surface area (Å²) < 4.78 is 0. The first kappa shape index (κ1) is 18.9. The molecule has 0 unspecified atom stereocenters. The number of carbonyl (C=O) groups is 1. The monoisotopic (exact) mass is 341 g/mol. The summed E-state index contributed by atoms with van der Waals surface area (Å²) in [5.74, 6) is -0.327. The Morgan fingerprint density at radius 3 is 2.40 bits per heavy atom. The van der Waals surface area contributed by atoms with Crippen LogP contribution in [0.25, 0.3) is 0 Å². The van der Waals surface area contributed by atoms with Gasteiger partial charge < -0.3 is 10.3 Å². The second-order valence-corrected chi connectivity index (χ2v) is 6.16. The number of H-pyrrole nitrogens is 1. The molecule has 2 aromatic rings. The maximum absolute atomic E-state index is 12.4. The van der Waals surface area contributed by atoms with E-state index in [-0.39, 0.29) is 23.1 Å². The smallest absolute Gasteiger partial charge is 0.260 e. The number of aromatic nitrogens is 1. The van der Waals surface area contributed by atoms with Crippen molar-refractivity contribution in [3.8, 4) is 0 Å². The number of aryl methyl sites for hydroxylation is 1. The number of likely N-dealkylation sites (N-methyl/N-ethyl adjacent to an activating group) is 1. The zero-order chi connectivity index (χ0) is 18.2. The Hall–Kier alpha value is -2.40. The lowest BCUT2D eigenvalue weighted by Gasteiger charge is -2.30. The second kappa shape index (κ2) is 9.18. The summed E-state index contributed by atoms with van der Waals surface area (Å²) in [5.41, 5.74) is 1.79. The molecule has 5 nitrogen and oxygen atoms in total. The number of carbonyl (C=O) groups excluding carboxylic acids is 1. The van der Waals surface area contributed by atoms with Gasteiger partial charge in [-0.1, -0.05) is 44.2 Å². The number of nitrogens with zero attached hydrogens (tertiary/aromatic N) is 1. The molecule has 0 fully saturated rings. The highest BCUT2D eigenvalue weighted by Gasteiger charge is 2.18. The highest BCUT2D eigenvalue weighted by Crippen LogP contribution is 2.09. The van der Waals surface area contributed by atoms with Crippen LogP contribution in [0.1, 0.15) is 35.5 Å². The van der Waals surface area contributed by atoms with Crippen LogP contribution < -0.4 is 10.9 Å². The molecule has 5 heteroatoms. The fourth-order valence-corrected chi connectivity index (χ4v) is 3.01. The molecule has 0 aliphatic heterocycles. The van der Waals surface area contributed by atoms with Crippen molar-refractivity contribution in [1.29, 1.82) is 0 Å². The Morgan fingerprint density at radius 1 is 1.12 bits per heavy atom. The van der Waals surface area contributed by atoms with Gasteiger partial charge in [-0.25, -0.2) is 0 Å². The molecule has 1 heterocycles. The van der Waals surface area contributed by atoms with Crippen molar-refractivity contribution in [2.75, 3.05) is 19.6 Å². The Bertz CT molecular complexity index is 736. The summed E-state index contributed by atoms with van der Waals surface area (Å²) in [6.45, 7) is 8.36. The fourth-order valence-electron chi connectivity index (χ4n) is 3.01. The second-order valence-electron chi connectivity index (χ2n) is 6.16. The van der Waals surface area contributed by atoms with Gasteiger partial charge in [0.05, 0.1) is 0 Å². The van der Waals surface area contributed by atoms with Crippen LogP contribution in [0, 0.1) is 6.92 Å². The summed E-state index contributed by atoms with van der Waals surface area (Å²) >= 11 is 0. The number of nitrogens with one attached hydrogen (secondary N) is 2. The van der Waals surface area contributed by atoms with E-state index in [2.05, 4.69) is 41.2 Å². The quantitative estimate of drug-likeness (QED) is 0.775. The van der Waals surface area contributed by atoms with Gasteiger partial charge in [0.2, 0.25) is 0 Å². The Morgan fingerprint density at radius 2 is 1.80 bits per heavy atom. The van der Waals surface area contributed by atoms with Crippen LogP contribution in [0.5, 0.6) is 0 Å². The number of pyridine rings is 1. The molecule has 1 atom stereocenters. The minimum atomic E-state index is -0.347. The molecule has 1 aromatic heterocycles. The maximum Gasteiger partial charge on any atom is 0.260 e. The van der Waals surface area contributed by atoms with Gasteiger partial charge in [-0.3, -0.25) is 14.5 Å². The number of hydrogen-bond donors (Lipinski definition) is 2. The number of hydrogen-bond acceptors (Lipinski definition) is 3. The zero-order valence-corrected chi connectivity index (χ0v) is 15.2. The first-order valence-electron chi connectivity index (χ1n) is 8.81. The molecule has 0 radical (unpaired) electrons. The molecule has 0 saturated carbocycles. The van der Waals surface area contributed by atoms with Crippen LogP contribution >= 0.6 is 0 Å². The van der Waals surface area contributed by atoms with E-state index in [1.54, 1.807) is 19.1 Å². The molecule has 0 aliphatic rings. The van der Waals surface area contributed by atoms with E-state index in [0.717, 1.165) is 25.2 Å². The molecule has 134 valence electrons. The van der Waals surface area contributed by atoms with Crippen molar-refractivity contribution in [1.82, 2.24) is 15.2 Å². The van der Waals surface area contributed by atoms with E-state index in [0.29, 0.717) is 6.54 Å². The van der Waals surface area contributed by atoms with E-state index in [9.17, 15) is 9.59 Å².